The lowest BCUT2D eigenvalue weighted by Gasteiger charge is -2.30. The van der Waals surface area contributed by atoms with Crippen molar-refractivity contribution < 1.29 is 22.6 Å². The van der Waals surface area contributed by atoms with Crippen LogP contribution in [0.5, 0.6) is 0 Å². The van der Waals surface area contributed by atoms with Crippen molar-refractivity contribution in [1.82, 2.24) is 20.5 Å². The highest BCUT2D eigenvalue weighted by Gasteiger charge is 2.62. The number of aromatic nitrogens is 2. The number of carbonyl (C=O) groups excluding carboxylic acids is 1. The van der Waals surface area contributed by atoms with Gasteiger partial charge >= 0.3 is 5.92 Å². The molecule has 3 aliphatic rings. The quantitative estimate of drug-likeness (QED) is 0.639. The second-order valence-corrected chi connectivity index (χ2v) is 10.4. The number of nitrogens with one attached hydrogen (secondary N) is 1. The van der Waals surface area contributed by atoms with Crippen molar-refractivity contribution in [3.05, 3.63) is 35.0 Å². The average molecular weight is 463 g/mol. The van der Waals surface area contributed by atoms with Gasteiger partial charge in [0.15, 0.2) is 0 Å². The van der Waals surface area contributed by atoms with Crippen molar-refractivity contribution in [3.63, 3.8) is 0 Å². The predicted octanol–water partition coefficient (Wildman–Crippen LogP) is 3.96. The van der Waals surface area contributed by atoms with Crippen LogP contribution in [-0.2, 0) is 22.6 Å². The lowest BCUT2D eigenvalue weighted by molar-refractivity contribution is -0.121. The molecule has 33 heavy (non-hydrogen) atoms. The van der Waals surface area contributed by atoms with Crippen molar-refractivity contribution >= 4 is 5.91 Å². The summed E-state index contributed by atoms with van der Waals surface area (Å²) in [5, 5.41) is 11.0. The molecule has 180 valence electrons. The van der Waals surface area contributed by atoms with E-state index in [0.717, 1.165) is 70.8 Å². The first-order chi connectivity index (χ1) is 15.7. The lowest BCUT2D eigenvalue weighted by atomic mass is 9.84. The molecule has 0 bridgehead atoms. The van der Waals surface area contributed by atoms with E-state index in [9.17, 15) is 13.6 Å². The van der Waals surface area contributed by atoms with Crippen LogP contribution in [0.1, 0.15) is 68.4 Å². The topological polar surface area (TPSA) is 84.4 Å². The molecule has 3 heterocycles. The minimum atomic E-state index is -2.99. The van der Waals surface area contributed by atoms with Gasteiger partial charge in [-0.05, 0) is 63.8 Å². The number of likely N-dealkylation sites (tertiary alicyclic amines) is 1. The molecule has 0 spiro atoms. The molecule has 1 amide bonds. The number of aryl methyl sites for hydroxylation is 1. The third-order valence-corrected chi connectivity index (χ3v) is 7.75. The largest absolute Gasteiger partial charge is 0.361 e. The molecule has 1 N–H and O–H groups in total. The first-order valence-corrected chi connectivity index (χ1v) is 12.0. The van der Waals surface area contributed by atoms with Crippen LogP contribution in [0.25, 0.3) is 0 Å². The third-order valence-electron chi connectivity index (χ3n) is 7.75. The molecule has 7 nitrogen and oxygen atoms in total. The normalized spacial score (nSPS) is 29.8. The summed E-state index contributed by atoms with van der Waals surface area (Å²) in [5.41, 5.74) is 1.40. The molecule has 0 radical (unpaired) electrons. The first-order valence-electron chi connectivity index (χ1n) is 12.0. The Bertz CT molecular complexity index is 992. The number of rotatable bonds is 8. The van der Waals surface area contributed by atoms with Crippen LogP contribution in [0, 0.1) is 18.8 Å². The van der Waals surface area contributed by atoms with Crippen LogP contribution in [0.2, 0.25) is 0 Å². The Hall–Kier alpha value is -2.29. The summed E-state index contributed by atoms with van der Waals surface area (Å²) >= 11 is 0. The molecule has 1 aliphatic heterocycles. The van der Waals surface area contributed by atoms with Gasteiger partial charge in [0, 0.05) is 43.6 Å². The van der Waals surface area contributed by atoms with Crippen LogP contribution >= 0.6 is 0 Å². The van der Waals surface area contributed by atoms with Crippen LogP contribution in [-0.4, -0.2) is 46.8 Å². The maximum atomic E-state index is 13.5. The smallest absolute Gasteiger partial charge is 0.304 e. The monoisotopic (exact) mass is 462 g/mol. The van der Waals surface area contributed by atoms with Gasteiger partial charge in [-0.2, -0.15) is 8.78 Å². The predicted molar refractivity (Wildman–Crippen MR) is 116 cm³/mol. The maximum Gasteiger partial charge on any atom is 0.304 e. The minimum Gasteiger partial charge on any atom is -0.361 e. The first kappa shape index (κ1) is 22.5. The summed E-state index contributed by atoms with van der Waals surface area (Å²) < 4.78 is 37.1. The van der Waals surface area contributed by atoms with Crippen molar-refractivity contribution in [3.8, 4) is 0 Å². The Labute approximate surface area is 192 Å². The van der Waals surface area contributed by atoms with Gasteiger partial charge in [-0.15, -0.1) is 0 Å². The minimum absolute atomic E-state index is 0.00645. The van der Waals surface area contributed by atoms with Gasteiger partial charge in [0.25, 0.3) is 0 Å². The Morgan fingerprint density at radius 3 is 2.70 bits per heavy atom. The van der Waals surface area contributed by atoms with Gasteiger partial charge in [-0.1, -0.05) is 10.3 Å². The molecule has 2 saturated carbocycles. The lowest BCUT2D eigenvalue weighted by Crippen LogP contribution is -2.39. The van der Waals surface area contributed by atoms with Crippen LogP contribution in [0.4, 0.5) is 8.78 Å². The van der Waals surface area contributed by atoms with E-state index in [4.69, 9.17) is 9.05 Å². The van der Waals surface area contributed by atoms with E-state index in [-0.39, 0.29) is 29.5 Å². The molecule has 2 aromatic rings. The summed E-state index contributed by atoms with van der Waals surface area (Å²) in [6.45, 7) is 5.61. The zero-order valence-corrected chi connectivity index (χ0v) is 19.3. The molecule has 2 atom stereocenters. The van der Waals surface area contributed by atoms with E-state index in [0.29, 0.717) is 23.3 Å². The number of piperidine rings is 1. The maximum absolute atomic E-state index is 13.5. The number of nitrogens with zero attached hydrogens (tertiary/aromatic N) is 3. The van der Waals surface area contributed by atoms with Gasteiger partial charge in [-0.25, -0.2) is 0 Å². The number of alkyl halides is 2. The molecule has 5 rings (SSSR count). The summed E-state index contributed by atoms with van der Waals surface area (Å²) in [5.74, 6) is -1.56. The number of carbonyl (C=O) groups is 1. The fraction of sp³-hybridized carbons (Fsp3) is 0.708. The Morgan fingerprint density at radius 2 is 2.03 bits per heavy atom. The van der Waals surface area contributed by atoms with Gasteiger partial charge in [-0.3, -0.25) is 4.79 Å². The second kappa shape index (κ2) is 8.49. The molecular formula is C24H32F2N4O3. The Morgan fingerprint density at radius 1 is 1.24 bits per heavy atom. The number of hydrogen-bond donors (Lipinski definition) is 1. The molecule has 3 fully saturated rings. The molecule has 2 aliphatic carbocycles. The van der Waals surface area contributed by atoms with Crippen LogP contribution in [0.15, 0.2) is 21.2 Å². The van der Waals surface area contributed by atoms with Gasteiger partial charge in [0.05, 0.1) is 17.8 Å². The third kappa shape index (κ3) is 4.83. The number of fused-ring (bicyclic) bond motifs is 1. The van der Waals surface area contributed by atoms with Crippen molar-refractivity contribution in [2.45, 2.75) is 76.2 Å². The zero-order chi connectivity index (χ0) is 23.2. The summed E-state index contributed by atoms with van der Waals surface area (Å²) in [4.78, 5) is 14.7. The summed E-state index contributed by atoms with van der Waals surface area (Å²) in [6.07, 6.45) is 6.64. The molecular weight excluding hydrogens is 430 g/mol. The van der Waals surface area contributed by atoms with Gasteiger partial charge < -0.3 is 19.3 Å². The highest BCUT2D eigenvalue weighted by molar-refractivity contribution is 5.78. The van der Waals surface area contributed by atoms with E-state index >= 15 is 0 Å². The molecule has 9 heteroatoms. The number of amides is 1. The Kier molecular flexibility index (Phi) is 5.79. The van der Waals surface area contributed by atoms with E-state index in [1.54, 1.807) is 6.07 Å². The van der Waals surface area contributed by atoms with Gasteiger partial charge in [0.1, 0.15) is 5.76 Å². The standard InChI is InChI=1S/C24H32F2N4O3/c1-15-9-19(32-28-15)10-22(31)27-18-5-3-16(4-6-18)7-8-30-13-17-12-24(17,14-30)20-11-21(33-29-20)23(2,25)26/h9,11,16-18H,3-8,10,12-14H2,1-2H3,(H,27,31)/t16-,17?,18-,24-/m0/s1. The molecule has 1 saturated heterocycles. The van der Waals surface area contributed by atoms with Crippen LogP contribution in [0.3, 0.4) is 0 Å². The van der Waals surface area contributed by atoms with E-state index in [2.05, 4.69) is 20.5 Å². The molecule has 2 aromatic heterocycles. The fourth-order valence-electron chi connectivity index (χ4n) is 5.77. The van der Waals surface area contributed by atoms with E-state index in [1.165, 1.54) is 6.07 Å². The molecule has 1 unspecified atom stereocenters. The van der Waals surface area contributed by atoms with E-state index < -0.39 is 5.92 Å². The van der Waals surface area contributed by atoms with Crippen molar-refractivity contribution in [2.75, 3.05) is 19.6 Å². The average Bonchev–Trinajstić information content (AvgIpc) is 3.18. The van der Waals surface area contributed by atoms with Gasteiger partial charge in [0.2, 0.25) is 11.7 Å². The highest BCUT2D eigenvalue weighted by Crippen LogP contribution is 2.59. The molecule has 0 aromatic carbocycles. The number of hydrogen-bond acceptors (Lipinski definition) is 6. The van der Waals surface area contributed by atoms with E-state index in [1.807, 2.05) is 6.92 Å². The summed E-state index contributed by atoms with van der Waals surface area (Å²) in [7, 11) is 0. The zero-order valence-electron chi connectivity index (χ0n) is 19.3. The SMILES string of the molecule is Cc1cc(CC(=O)N[C@H]2CC[C@H](CCN3CC4C[C@]4(c4cc(C(C)(F)F)on4)C3)CC2)on1. The highest BCUT2D eigenvalue weighted by atomic mass is 19.3. The fourth-order valence-corrected chi connectivity index (χ4v) is 5.77. The van der Waals surface area contributed by atoms with Crippen LogP contribution < -0.4 is 5.32 Å². The van der Waals surface area contributed by atoms with Crippen molar-refractivity contribution in [2.24, 2.45) is 11.8 Å². The Balaban J connectivity index is 1.03. The number of halogens is 2. The summed E-state index contributed by atoms with van der Waals surface area (Å²) in [6, 6.07) is 3.49. The van der Waals surface area contributed by atoms with Crippen molar-refractivity contribution in [1.29, 1.82) is 0 Å². The second-order valence-electron chi connectivity index (χ2n) is 10.4.